The smallest absolute Gasteiger partial charge is 0.233 e. The Morgan fingerprint density at radius 1 is 1.30 bits per heavy atom. The van der Waals surface area contributed by atoms with E-state index in [4.69, 9.17) is 18.0 Å². The third-order valence-electron chi connectivity index (χ3n) is 4.05. The van der Waals surface area contributed by atoms with Crippen molar-refractivity contribution in [3.8, 4) is 0 Å². The molecule has 110 valence electrons. The van der Waals surface area contributed by atoms with Gasteiger partial charge >= 0.3 is 0 Å². The van der Waals surface area contributed by atoms with E-state index in [1.807, 2.05) is 32.0 Å². The summed E-state index contributed by atoms with van der Waals surface area (Å²) in [6.07, 6.45) is 1.26. The fraction of sp³-hybridized carbons (Fsp3) is 0.500. The average Bonchev–Trinajstić information content (AvgIpc) is 2.47. The molecule has 0 saturated heterocycles. The van der Waals surface area contributed by atoms with Crippen molar-refractivity contribution in [3.05, 3.63) is 35.9 Å². The Labute approximate surface area is 126 Å². The quantitative estimate of drug-likeness (QED) is 0.760. The van der Waals surface area contributed by atoms with E-state index in [1.54, 1.807) is 0 Å². The predicted molar refractivity (Wildman–Crippen MR) is 87.7 cm³/mol. The van der Waals surface area contributed by atoms with Gasteiger partial charge in [0.05, 0.1) is 10.4 Å². The second-order valence-corrected chi connectivity index (χ2v) is 5.62. The summed E-state index contributed by atoms with van der Waals surface area (Å²) in [5.74, 6) is 0.204. The lowest BCUT2D eigenvalue weighted by atomic mass is 9.81. The molecule has 0 aliphatic heterocycles. The highest BCUT2D eigenvalue weighted by atomic mass is 32.1. The Kier molecular flexibility index (Phi) is 6.14. The molecule has 3 nitrogen and oxygen atoms in total. The van der Waals surface area contributed by atoms with Gasteiger partial charge in [-0.3, -0.25) is 4.79 Å². The summed E-state index contributed by atoms with van der Waals surface area (Å²) >= 11 is 5.09. The molecular formula is C16H24N2OS. The lowest BCUT2D eigenvalue weighted by Crippen LogP contribution is -2.49. The molecule has 0 aromatic heterocycles. The fourth-order valence-electron chi connectivity index (χ4n) is 2.35. The molecule has 1 rings (SSSR count). The van der Waals surface area contributed by atoms with Gasteiger partial charge in [-0.2, -0.15) is 0 Å². The maximum atomic E-state index is 12.4. The maximum Gasteiger partial charge on any atom is 0.233 e. The molecule has 1 aromatic carbocycles. The summed E-state index contributed by atoms with van der Waals surface area (Å²) in [7, 11) is 0. The van der Waals surface area contributed by atoms with Crippen LogP contribution in [-0.2, 0) is 4.79 Å². The number of rotatable bonds is 7. The van der Waals surface area contributed by atoms with Crippen LogP contribution in [0.15, 0.2) is 30.3 Å². The van der Waals surface area contributed by atoms with Crippen molar-refractivity contribution < 1.29 is 4.79 Å². The van der Waals surface area contributed by atoms with Crippen molar-refractivity contribution in [2.45, 2.75) is 39.5 Å². The van der Waals surface area contributed by atoms with Crippen LogP contribution in [0, 0.1) is 5.41 Å². The third kappa shape index (κ3) is 3.57. The Bertz CT molecular complexity index is 455. The average molecular weight is 292 g/mol. The van der Waals surface area contributed by atoms with Crippen LogP contribution in [0.25, 0.3) is 0 Å². The van der Waals surface area contributed by atoms with E-state index in [0.29, 0.717) is 19.4 Å². The zero-order valence-corrected chi connectivity index (χ0v) is 13.3. The number of nitrogens with one attached hydrogen (secondary N) is 1. The van der Waals surface area contributed by atoms with E-state index in [-0.39, 0.29) is 16.8 Å². The standard InChI is InChI=1S/C16H24N2OS/c1-4-16(5-2,14(17)20)15(19)18-11-12(3)13-9-7-6-8-10-13/h6-10,12H,4-5,11H2,1-3H3,(H2,17,20)(H,18,19). The summed E-state index contributed by atoms with van der Waals surface area (Å²) < 4.78 is 0. The van der Waals surface area contributed by atoms with Crippen molar-refractivity contribution in [2.24, 2.45) is 11.1 Å². The van der Waals surface area contributed by atoms with Crippen LogP contribution in [0.5, 0.6) is 0 Å². The number of carbonyl (C=O) groups excluding carboxylic acids is 1. The first kappa shape index (κ1) is 16.6. The summed E-state index contributed by atoms with van der Waals surface area (Å²) in [5.41, 5.74) is 6.28. The minimum atomic E-state index is -0.717. The number of benzene rings is 1. The lowest BCUT2D eigenvalue weighted by molar-refractivity contribution is -0.127. The molecule has 0 aliphatic rings. The van der Waals surface area contributed by atoms with Crippen molar-refractivity contribution in [2.75, 3.05) is 6.54 Å². The largest absolute Gasteiger partial charge is 0.392 e. The molecule has 3 N–H and O–H groups in total. The van der Waals surface area contributed by atoms with Gasteiger partial charge in [0.25, 0.3) is 0 Å². The van der Waals surface area contributed by atoms with Crippen LogP contribution in [0.2, 0.25) is 0 Å². The minimum absolute atomic E-state index is 0.0576. The van der Waals surface area contributed by atoms with E-state index in [0.717, 1.165) is 0 Å². The van der Waals surface area contributed by atoms with E-state index in [1.165, 1.54) is 5.56 Å². The second-order valence-electron chi connectivity index (χ2n) is 5.18. The van der Waals surface area contributed by atoms with Gasteiger partial charge in [-0.25, -0.2) is 0 Å². The molecule has 0 spiro atoms. The third-order valence-corrected chi connectivity index (χ3v) is 4.44. The highest BCUT2D eigenvalue weighted by Gasteiger charge is 2.37. The Balaban J connectivity index is 2.69. The van der Waals surface area contributed by atoms with Crippen LogP contribution < -0.4 is 11.1 Å². The molecule has 0 bridgehead atoms. The molecule has 4 heteroatoms. The summed E-state index contributed by atoms with van der Waals surface area (Å²) in [4.78, 5) is 12.7. The molecule has 0 saturated carbocycles. The van der Waals surface area contributed by atoms with Crippen molar-refractivity contribution in [3.63, 3.8) is 0 Å². The van der Waals surface area contributed by atoms with E-state index >= 15 is 0 Å². The second kappa shape index (κ2) is 7.39. The van der Waals surface area contributed by atoms with Gasteiger partial charge in [0, 0.05) is 6.54 Å². The number of carbonyl (C=O) groups is 1. The molecule has 1 atom stereocenters. The zero-order valence-electron chi connectivity index (χ0n) is 12.5. The summed E-state index contributed by atoms with van der Waals surface area (Å²) in [6, 6.07) is 10.1. The molecule has 1 aromatic rings. The first-order chi connectivity index (χ1) is 9.47. The number of amides is 1. The summed E-state index contributed by atoms with van der Waals surface area (Å²) in [5, 5.41) is 3.00. The zero-order chi connectivity index (χ0) is 15.2. The van der Waals surface area contributed by atoms with Gasteiger partial charge in [0.2, 0.25) is 5.91 Å². The van der Waals surface area contributed by atoms with Crippen LogP contribution in [0.1, 0.15) is 45.1 Å². The summed E-state index contributed by atoms with van der Waals surface area (Å²) in [6.45, 7) is 6.58. The SMILES string of the molecule is CCC(CC)(C(=O)NCC(C)c1ccccc1)C(N)=S. The Morgan fingerprint density at radius 3 is 2.30 bits per heavy atom. The maximum absolute atomic E-state index is 12.4. The molecule has 0 heterocycles. The topological polar surface area (TPSA) is 55.1 Å². The number of thiocarbonyl (C=S) groups is 1. The van der Waals surface area contributed by atoms with Gasteiger partial charge < -0.3 is 11.1 Å². The molecule has 1 amide bonds. The highest BCUT2D eigenvalue weighted by Crippen LogP contribution is 2.27. The van der Waals surface area contributed by atoms with Crippen molar-refractivity contribution in [1.82, 2.24) is 5.32 Å². The first-order valence-electron chi connectivity index (χ1n) is 7.11. The van der Waals surface area contributed by atoms with Gasteiger partial charge in [0.1, 0.15) is 0 Å². The van der Waals surface area contributed by atoms with Gasteiger partial charge in [-0.1, -0.05) is 63.3 Å². The molecule has 0 aliphatic carbocycles. The highest BCUT2D eigenvalue weighted by molar-refractivity contribution is 7.80. The minimum Gasteiger partial charge on any atom is -0.392 e. The van der Waals surface area contributed by atoms with Crippen molar-refractivity contribution in [1.29, 1.82) is 0 Å². The van der Waals surface area contributed by atoms with Gasteiger partial charge in [-0.05, 0) is 24.3 Å². The molecule has 20 heavy (non-hydrogen) atoms. The Hall–Kier alpha value is -1.42. The first-order valence-corrected chi connectivity index (χ1v) is 7.52. The van der Waals surface area contributed by atoms with Crippen LogP contribution in [0.3, 0.4) is 0 Å². The number of hydrogen-bond donors (Lipinski definition) is 2. The van der Waals surface area contributed by atoms with E-state index in [9.17, 15) is 4.79 Å². The molecule has 0 fully saturated rings. The lowest BCUT2D eigenvalue weighted by Gasteiger charge is -2.29. The van der Waals surface area contributed by atoms with Crippen LogP contribution in [0.4, 0.5) is 0 Å². The van der Waals surface area contributed by atoms with Gasteiger partial charge in [0.15, 0.2) is 0 Å². The number of hydrogen-bond acceptors (Lipinski definition) is 2. The normalized spacial score (nSPS) is 12.8. The van der Waals surface area contributed by atoms with E-state index < -0.39 is 5.41 Å². The predicted octanol–water partition coefficient (Wildman–Crippen LogP) is 3.00. The molecule has 0 radical (unpaired) electrons. The number of nitrogens with two attached hydrogens (primary N) is 1. The monoisotopic (exact) mass is 292 g/mol. The van der Waals surface area contributed by atoms with E-state index in [2.05, 4.69) is 24.4 Å². The molecular weight excluding hydrogens is 268 g/mol. The Morgan fingerprint density at radius 2 is 1.85 bits per heavy atom. The van der Waals surface area contributed by atoms with Crippen molar-refractivity contribution >= 4 is 23.1 Å². The van der Waals surface area contributed by atoms with Gasteiger partial charge in [-0.15, -0.1) is 0 Å². The molecule has 1 unspecified atom stereocenters. The fourth-order valence-corrected chi connectivity index (χ4v) is 2.73. The van der Waals surface area contributed by atoms with Crippen LogP contribution >= 0.6 is 12.2 Å². The van der Waals surface area contributed by atoms with Crippen LogP contribution in [-0.4, -0.2) is 17.4 Å².